The van der Waals surface area contributed by atoms with E-state index < -0.39 is 11.6 Å². The van der Waals surface area contributed by atoms with Crippen molar-refractivity contribution < 1.29 is 19.1 Å². The van der Waals surface area contributed by atoms with Crippen molar-refractivity contribution in [2.75, 3.05) is 13.7 Å². The molecule has 0 fully saturated rings. The van der Waals surface area contributed by atoms with Crippen molar-refractivity contribution in [2.45, 2.75) is 59.7 Å². The van der Waals surface area contributed by atoms with Crippen LogP contribution in [0.1, 0.15) is 44.4 Å². The average molecular weight is 427 g/mol. The minimum atomic E-state index is -0.667. The summed E-state index contributed by atoms with van der Waals surface area (Å²) in [5.41, 5.74) is 2.56. The molecule has 2 aromatic rings. The van der Waals surface area contributed by atoms with Gasteiger partial charge < -0.3 is 19.7 Å². The molecule has 0 heterocycles. The van der Waals surface area contributed by atoms with Gasteiger partial charge >= 0.3 is 0 Å². The van der Waals surface area contributed by atoms with Crippen LogP contribution in [0.5, 0.6) is 11.5 Å². The van der Waals surface area contributed by atoms with Gasteiger partial charge in [0.15, 0.2) is 6.61 Å². The summed E-state index contributed by atoms with van der Waals surface area (Å²) in [6.45, 7) is 11.5. The summed E-state index contributed by atoms with van der Waals surface area (Å²) in [5, 5.41) is 2.95. The number of nitrogens with zero attached hydrogens (tertiary/aromatic N) is 1. The number of hydrogen-bond donors (Lipinski definition) is 1. The largest absolute Gasteiger partial charge is 0.497 e. The normalized spacial score (nSPS) is 12.1. The molecule has 0 aliphatic rings. The van der Waals surface area contributed by atoms with Crippen molar-refractivity contribution in [3.8, 4) is 11.5 Å². The highest BCUT2D eigenvalue weighted by Crippen LogP contribution is 2.21. The maximum absolute atomic E-state index is 13.2. The van der Waals surface area contributed by atoms with Gasteiger partial charge in [0.05, 0.1) is 7.11 Å². The van der Waals surface area contributed by atoms with Gasteiger partial charge in [-0.05, 0) is 76.4 Å². The lowest BCUT2D eigenvalue weighted by atomic mass is 10.1. The third kappa shape index (κ3) is 7.02. The highest BCUT2D eigenvalue weighted by atomic mass is 16.5. The van der Waals surface area contributed by atoms with Crippen molar-refractivity contribution in [2.24, 2.45) is 0 Å². The molecule has 0 radical (unpaired) electrons. The predicted molar refractivity (Wildman–Crippen MR) is 122 cm³/mol. The Balaban J connectivity index is 2.23. The van der Waals surface area contributed by atoms with E-state index in [1.807, 2.05) is 77.1 Å². The Hall–Kier alpha value is -3.02. The number of hydrogen-bond acceptors (Lipinski definition) is 4. The molecule has 1 atom stereocenters. The highest BCUT2D eigenvalue weighted by Gasteiger charge is 2.28. The standard InChI is InChI=1S/C25H34N2O4/c1-17-10-8-13-22(18(17)2)31-16-23(28)27(19(3)24(29)26-25(4,5)6)15-20-11-9-12-21(14-20)30-7/h8-14,19H,15-16H2,1-7H3,(H,26,29)/t19-/m0/s1. The summed E-state index contributed by atoms with van der Waals surface area (Å²) >= 11 is 0. The zero-order valence-corrected chi connectivity index (χ0v) is 19.6. The number of carbonyl (C=O) groups is 2. The Labute approximate surface area is 185 Å². The second-order valence-electron chi connectivity index (χ2n) is 8.78. The zero-order valence-electron chi connectivity index (χ0n) is 19.6. The predicted octanol–water partition coefficient (Wildman–Crippen LogP) is 4.02. The van der Waals surface area contributed by atoms with Gasteiger partial charge in [-0.3, -0.25) is 9.59 Å². The average Bonchev–Trinajstić information content (AvgIpc) is 2.71. The Morgan fingerprint density at radius 3 is 2.42 bits per heavy atom. The van der Waals surface area contributed by atoms with Gasteiger partial charge in [-0.15, -0.1) is 0 Å². The first-order valence-electron chi connectivity index (χ1n) is 10.4. The molecule has 0 aliphatic carbocycles. The molecule has 168 valence electrons. The third-order valence-electron chi connectivity index (χ3n) is 5.06. The van der Waals surface area contributed by atoms with E-state index in [1.54, 1.807) is 18.9 Å². The molecule has 0 saturated carbocycles. The van der Waals surface area contributed by atoms with E-state index in [0.717, 1.165) is 16.7 Å². The van der Waals surface area contributed by atoms with Crippen molar-refractivity contribution in [1.29, 1.82) is 0 Å². The van der Waals surface area contributed by atoms with Gasteiger partial charge in [-0.25, -0.2) is 0 Å². The van der Waals surface area contributed by atoms with Crippen molar-refractivity contribution in [1.82, 2.24) is 10.2 Å². The second kappa shape index (κ2) is 10.3. The fourth-order valence-corrected chi connectivity index (χ4v) is 3.13. The summed E-state index contributed by atoms with van der Waals surface area (Å²) < 4.78 is 11.1. The molecule has 0 unspecified atom stereocenters. The molecule has 6 heteroatoms. The second-order valence-corrected chi connectivity index (χ2v) is 8.78. The van der Waals surface area contributed by atoms with Crippen LogP contribution in [0.4, 0.5) is 0 Å². The van der Waals surface area contributed by atoms with Crippen LogP contribution in [-0.4, -0.2) is 42.0 Å². The van der Waals surface area contributed by atoms with Crippen LogP contribution in [0.3, 0.4) is 0 Å². The van der Waals surface area contributed by atoms with E-state index in [1.165, 1.54) is 0 Å². The lowest BCUT2D eigenvalue weighted by molar-refractivity contribution is -0.142. The fraction of sp³-hybridized carbons (Fsp3) is 0.440. The zero-order chi connectivity index (χ0) is 23.2. The number of amides is 2. The van der Waals surface area contributed by atoms with Gasteiger partial charge in [-0.2, -0.15) is 0 Å². The molecule has 0 spiro atoms. The molecule has 2 amide bonds. The molecule has 0 bridgehead atoms. The lowest BCUT2D eigenvalue weighted by Gasteiger charge is -2.31. The van der Waals surface area contributed by atoms with Gasteiger partial charge in [0.1, 0.15) is 17.5 Å². The maximum Gasteiger partial charge on any atom is 0.261 e. The molecular weight excluding hydrogens is 392 g/mol. The summed E-state index contributed by atoms with van der Waals surface area (Å²) in [6.07, 6.45) is 0. The first-order chi connectivity index (χ1) is 14.5. The Kier molecular flexibility index (Phi) is 8.08. The molecule has 2 rings (SSSR count). The first-order valence-corrected chi connectivity index (χ1v) is 10.4. The van der Waals surface area contributed by atoms with Crippen LogP contribution in [0.15, 0.2) is 42.5 Å². The van der Waals surface area contributed by atoms with Gasteiger partial charge in [0.25, 0.3) is 5.91 Å². The Morgan fingerprint density at radius 2 is 1.77 bits per heavy atom. The van der Waals surface area contributed by atoms with Gasteiger partial charge in [0.2, 0.25) is 5.91 Å². The maximum atomic E-state index is 13.2. The smallest absolute Gasteiger partial charge is 0.261 e. The fourth-order valence-electron chi connectivity index (χ4n) is 3.13. The molecule has 6 nitrogen and oxygen atoms in total. The van der Waals surface area contributed by atoms with Gasteiger partial charge in [0, 0.05) is 12.1 Å². The summed E-state index contributed by atoms with van der Waals surface area (Å²) in [5.74, 6) is 0.889. The van der Waals surface area contributed by atoms with E-state index >= 15 is 0 Å². The number of methoxy groups -OCH3 is 1. The Bertz CT molecular complexity index is 918. The number of aryl methyl sites for hydroxylation is 1. The molecule has 31 heavy (non-hydrogen) atoms. The lowest BCUT2D eigenvalue weighted by Crippen LogP contribution is -2.53. The number of nitrogens with one attached hydrogen (secondary N) is 1. The van der Waals surface area contributed by atoms with Crippen LogP contribution in [0.25, 0.3) is 0 Å². The summed E-state index contributed by atoms with van der Waals surface area (Å²) in [6, 6.07) is 12.5. The third-order valence-corrected chi connectivity index (χ3v) is 5.06. The minimum absolute atomic E-state index is 0.151. The van der Waals surface area contributed by atoms with Gasteiger partial charge in [-0.1, -0.05) is 24.3 Å². The summed E-state index contributed by atoms with van der Waals surface area (Å²) in [7, 11) is 1.60. The van der Waals surface area contributed by atoms with Crippen molar-refractivity contribution in [3.05, 3.63) is 59.2 Å². The number of benzene rings is 2. The molecule has 1 N–H and O–H groups in total. The highest BCUT2D eigenvalue weighted by molar-refractivity contribution is 5.88. The summed E-state index contributed by atoms with van der Waals surface area (Å²) in [4.78, 5) is 27.5. The molecule has 0 aromatic heterocycles. The molecule has 0 aliphatic heterocycles. The van der Waals surface area contributed by atoms with Crippen LogP contribution in [0.2, 0.25) is 0 Å². The quantitative estimate of drug-likeness (QED) is 0.692. The van der Waals surface area contributed by atoms with E-state index in [9.17, 15) is 9.59 Å². The van der Waals surface area contributed by atoms with Crippen LogP contribution in [0, 0.1) is 13.8 Å². The van der Waals surface area contributed by atoms with Crippen LogP contribution >= 0.6 is 0 Å². The number of rotatable bonds is 8. The number of ether oxygens (including phenoxy) is 2. The monoisotopic (exact) mass is 426 g/mol. The van der Waals surface area contributed by atoms with Crippen LogP contribution in [-0.2, 0) is 16.1 Å². The van der Waals surface area contributed by atoms with E-state index in [0.29, 0.717) is 11.5 Å². The number of carbonyl (C=O) groups excluding carboxylic acids is 2. The minimum Gasteiger partial charge on any atom is -0.497 e. The van der Waals surface area contributed by atoms with Crippen LogP contribution < -0.4 is 14.8 Å². The van der Waals surface area contributed by atoms with E-state index in [-0.39, 0.29) is 25.0 Å². The van der Waals surface area contributed by atoms with Crippen molar-refractivity contribution >= 4 is 11.8 Å². The molecular formula is C25H34N2O4. The van der Waals surface area contributed by atoms with E-state index in [4.69, 9.17) is 9.47 Å². The van der Waals surface area contributed by atoms with E-state index in [2.05, 4.69) is 5.32 Å². The molecule has 2 aromatic carbocycles. The van der Waals surface area contributed by atoms with Crippen molar-refractivity contribution in [3.63, 3.8) is 0 Å². The Morgan fingerprint density at radius 1 is 1.10 bits per heavy atom. The first kappa shape index (κ1) is 24.3. The SMILES string of the molecule is COc1cccc(CN(C(=O)COc2cccc(C)c2C)[C@@H](C)C(=O)NC(C)(C)C)c1. The molecule has 0 saturated heterocycles. The topological polar surface area (TPSA) is 67.9 Å².